The molecule has 0 spiro atoms. The summed E-state index contributed by atoms with van der Waals surface area (Å²) in [5.41, 5.74) is 4.66. The lowest BCUT2D eigenvalue weighted by Gasteiger charge is -2.30. The molecule has 1 unspecified atom stereocenters. The maximum absolute atomic E-state index is 13.8. The van der Waals surface area contributed by atoms with E-state index in [0.29, 0.717) is 32.1 Å². The molecule has 3 heterocycles. The first-order valence-electron chi connectivity index (χ1n) is 13.3. The molecule has 0 bridgehead atoms. The Hall–Kier alpha value is -3.30. The molecular formula is C30H36N4O4S. The van der Waals surface area contributed by atoms with E-state index in [1.165, 1.54) is 0 Å². The van der Waals surface area contributed by atoms with Crippen LogP contribution in [0.4, 0.5) is 5.82 Å². The zero-order valence-corrected chi connectivity index (χ0v) is 24.1. The van der Waals surface area contributed by atoms with Crippen LogP contribution in [0.5, 0.6) is 5.75 Å². The van der Waals surface area contributed by atoms with Crippen molar-refractivity contribution in [3.05, 3.63) is 70.9 Å². The van der Waals surface area contributed by atoms with Gasteiger partial charge in [-0.3, -0.25) is 14.5 Å². The number of aromatic nitrogens is 2. The van der Waals surface area contributed by atoms with Crippen molar-refractivity contribution in [2.45, 2.75) is 38.4 Å². The van der Waals surface area contributed by atoms with Crippen molar-refractivity contribution in [2.24, 2.45) is 0 Å². The van der Waals surface area contributed by atoms with Crippen molar-refractivity contribution in [1.29, 1.82) is 0 Å². The van der Waals surface area contributed by atoms with Crippen molar-refractivity contribution in [2.75, 3.05) is 50.6 Å². The van der Waals surface area contributed by atoms with Crippen LogP contribution in [0.15, 0.2) is 48.5 Å². The molecule has 2 aromatic carbocycles. The maximum Gasteiger partial charge on any atom is 0.242 e. The summed E-state index contributed by atoms with van der Waals surface area (Å²) in [6.45, 7) is 10.5. The number of nitrogens with zero attached hydrogens (tertiary/aromatic N) is 4. The third-order valence-electron chi connectivity index (χ3n) is 7.12. The van der Waals surface area contributed by atoms with Crippen LogP contribution in [0.25, 0.3) is 5.69 Å². The summed E-state index contributed by atoms with van der Waals surface area (Å²) < 4.78 is 12.7. The highest BCUT2D eigenvalue weighted by atomic mass is 32.2. The molecule has 1 aromatic heterocycles. The minimum Gasteiger partial charge on any atom is -0.497 e. The molecule has 0 radical (unpaired) electrons. The van der Waals surface area contributed by atoms with Gasteiger partial charge in [0.2, 0.25) is 11.8 Å². The molecule has 8 nitrogen and oxygen atoms in total. The molecule has 0 aliphatic carbocycles. The Morgan fingerprint density at radius 2 is 1.85 bits per heavy atom. The molecule has 39 heavy (non-hydrogen) atoms. The highest BCUT2D eigenvalue weighted by molar-refractivity contribution is 8.00. The number of anilines is 1. The SMILES string of the molecule is COc1ccc(-n2nc(C(C)(C)C)c3c2N(CC(=O)N2CCOCC2)C(=O)CSC3c2cccc(C)c2)cc1. The lowest BCUT2D eigenvalue weighted by atomic mass is 9.87. The number of thioether (sulfide) groups is 1. The molecule has 0 saturated carbocycles. The largest absolute Gasteiger partial charge is 0.497 e. The van der Waals surface area contributed by atoms with Crippen LogP contribution in [0.3, 0.4) is 0 Å². The van der Waals surface area contributed by atoms with Crippen molar-refractivity contribution in [3.8, 4) is 11.4 Å². The van der Waals surface area contributed by atoms with Gasteiger partial charge >= 0.3 is 0 Å². The van der Waals surface area contributed by atoms with Crippen molar-refractivity contribution >= 4 is 29.4 Å². The number of ether oxygens (including phenoxy) is 2. The van der Waals surface area contributed by atoms with Crippen LogP contribution in [0, 0.1) is 6.92 Å². The second-order valence-electron chi connectivity index (χ2n) is 11.0. The Morgan fingerprint density at radius 3 is 2.49 bits per heavy atom. The molecule has 3 aromatic rings. The number of aryl methyl sites for hydroxylation is 1. The molecule has 2 amide bonds. The maximum atomic E-state index is 13.8. The number of fused-ring (bicyclic) bond motifs is 1. The van der Waals surface area contributed by atoms with E-state index in [1.54, 1.807) is 28.7 Å². The number of carbonyl (C=O) groups excluding carboxylic acids is 2. The second kappa shape index (κ2) is 11.1. The van der Waals surface area contributed by atoms with Gasteiger partial charge in [-0.15, -0.1) is 11.8 Å². The van der Waals surface area contributed by atoms with Gasteiger partial charge in [-0.1, -0.05) is 50.6 Å². The monoisotopic (exact) mass is 548 g/mol. The lowest BCUT2D eigenvalue weighted by molar-refractivity contribution is -0.134. The number of methoxy groups -OCH3 is 1. The molecule has 206 valence electrons. The third kappa shape index (κ3) is 5.56. The zero-order chi connectivity index (χ0) is 27.7. The van der Waals surface area contributed by atoms with Gasteiger partial charge in [0.25, 0.3) is 0 Å². The number of rotatable bonds is 5. The molecule has 2 aliphatic heterocycles. The summed E-state index contributed by atoms with van der Waals surface area (Å²) in [6.07, 6.45) is 0. The van der Waals surface area contributed by atoms with Crippen LogP contribution >= 0.6 is 11.8 Å². The van der Waals surface area contributed by atoms with Crippen LogP contribution in [0.1, 0.15) is 48.4 Å². The first-order chi connectivity index (χ1) is 18.7. The fraction of sp³-hybridized carbons (Fsp3) is 0.433. The molecule has 0 N–H and O–H groups in total. The normalized spacial score (nSPS) is 18.1. The van der Waals surface area contributed by atoms with Crippen molar-refractivity contribution in [3.63, 3.8) is 0 Å². The van der Waals surface area contributed by atoms with Gasteiger partial charge in [-0.05, 0) is 36.8 Å². The fourth-order valence-corrected chi connectivity index (χ4v) is 6.31. The molecular weight excluding hydrogens is 512 g/mol. The van der Waals surface area contributed by atoms with Gasteiger partial charge in [-0.25, -0.2) is 4.68 Å². The third-order valence-corrected chi connectivity index (χ3v) is 8.37. The fourth-order valence-electron chi connectivity index (χ4n) is 5.12. The smallest absolute Gasteiger partial charge is 0.242 e. The Labute approximate surface area is 234 Å². The average Bonchev–Trinajstić information content (AvgIpc) is 3.27. The van der Waals surface area contributed by atoms with Gasteiger partial charge < -0.3 is 14.4 Å². The highest BCUT2D eigenvalue weighted by Gasteiger charge is 2.40. The first kappa shape index (κ1) is 27.3. The Balaban J connectivity index is 1.72. The van der Waals surface area contributed by atoms with Gasteiger partial charge in [0, 0.05) is 24.1 Å². The lowest BCUT2D eigenvalue weighted by Crippen LogP contribution is -2.48. The predicted octanol–water partition coefficient (Wildman–Crippen LogP) is 4.51. The first-order valence-corrected chi connectivity index (χ1v) is 14.3. The van der Waals surface area contributed by atoms with Crippen LogP contribution < -0.4 is 9.64 Å². The minimum absolute atomic E-state index is 0.0433. The topological polar surface area (TPSA) is 76.9 Å². The number of hydrogen-bond acceptors (Lipinski definition) is 6. The summed E-state index contributed by atoms with van der Waals surface area (Å²) in [4.78, 5) is 30.8. The molecule has 9 heteroatoms. The Bertz CT molecular complexity index is 1360. The van der Waals surface area contributed by atoms with E-state index in [-0.39, 0.29) is 34.8 Å². The second-order valence-corrected chi connectivity index (χ2v) is 12.1. The predicted molar refractivity (Wildman–Crippen MR) is 154 cm³/mol. The summed E-state index contributed by atoms with van der Waals surface area (Å²) in [7, 11) is 1.63. The molecule has 1 atom stereocenters. The molecule has 1 saturated heterocycles. The Kier molecular flexibility index (Phi) is 7.73. The highest BCUT2D eigenvalue weighted by Crippen LogP contribution is 2.48. The number of hydrogen-bond donors (Lipinski definition) is 0. The van der Waals surface area contributed by atoms with E-state index in [2.05, 4.69) is 52.0 Å². The summed E-state index contributed by atoms with van der Waals surface area (Å²) in [5, 5.41) is 5.04. The summed E-state index contributed by atoms with van der Waals surface area (Å²) in [5.74, 6) is 1.46. The summed E-state index contributed by atoms with van der Waals surface area (Å²) >= 11 is 1.60. The van der Waals surface area contributed by atoms with Crippen molar-refractivity contribution in [1.82, 2.24) is 14.7 Å². The van der Waals surface area contributed by atoms with Gasteiger partial charge in [-0.2, -0.15) is 5.10 Å². The average molecular weight is 549 g/mol. The van der Waals surface area contributed by atoms with E-state index < -0.39 is 0 Å². The number of morpholine rings is 1. The molecule has 1 fully saturated rings. The molecule has 5 rings (SSSR count). The van der Waals surface area contributed by atoms with Gasteiger partial charge in [0.05, 0.1) is 42.7 Å². The van der Waals surface area contributed by atoms with E-state index in [1.807, 2.05) is 28.9 Å². The zero-order valence-electron chi connectivity index (χ0n) is 23.3. The summed E-state index contributed by atoms with van der Waals surface area (Å²) in [6, 6.07) is 16.1. The quantitative estimate of drug-likeness (QED) is 0.467. The van der Waals surface area contributed by atoms with Gasteiger partial charge in [0.15, 0.2) is 0 Å². The minimum atomic E-state index is -0.308. The van der Waals surface area contributed by atoms with Crippen LogP contribution in [-0.2, 0) is 19.7 Å². The number of carbonyl (C=O) groups is 2. The Morgan fingerprint density at radius 1 is 1.13 bits per heavy atom. The molecule has 2 aliphatic rings. The number of amides is 2. The standard InChI is InChI=1S/C30H36N4O4S/c1-20-7-6-8-21(17-20)27-26-28(30(2,3)4)31-34(22-9-11-23(37-5)12-10-22)29(26)33(25(36)19-39-27)18-24(35)32-13-15-38-16-14-32/h6-12,17,27H,13-16,18-19H2,1-5H3. The van der Waals surface area contributed by atoms with E-state index in [9.17, 15) is 9.59 Å². The van der Waals surface area contributed by atoms with Crippen LogP contribution in [0.2, 0.25) is 0 Å². The van der Waals surface area contributed by atoms with E-state index >= 15 is 0 Å². The van der Waals surface area contributed by atoms with Crippen LogP contribution in [-0.4, -0.2) is 72.2 Å². The number of benzene rings is 2. The van der Waals surface area contributed by atoms with Gasteiger partial charge in [0.1, 0.15) is 18.1 Å². The van der Waals surface area contributed by atoms with E-state index in [0.717, 1.165) is 33.8 Å². The van der Waals surface area contributed by atoms with E-state index in [4.69, 9.17) is 14.6 Å². The van der Waals surface area contributed by atoms with Crippen molar-refractivity contribution < 1.29 is 19.1 Å².